The molecule has 0 bridgehead atoms. The first-order valence-electron chi connectivity index (χ1n) is 10.8. The summed E-state index contributed by atoms with van der Waals surface area (Å²) in [4.78, 5) is 18.0. The van der Waals surface area contributed by atoms with Crippen LogP contribution in [0.2, 0.25) is 0 Å². The molecule has 174 valence electrons. The molecule has 0 fully saturated rings. The van der Waals surface area contributed by atoms with Gasteiger partial charge in [0.2, 0.25) is 15.9 Å². The number of fused-ring (bicyclic) bond motifs is 1. The molecule has 2 aromatic rings. The molecule has 1 aromatic heterocycles. The zero-order chi connectivity index (χ0) is 23.5. The number of benzene rings is 1. The maximum absolute atomic E-state index is 13.5. The zero-order valence-corrected chi connectivity index (χ0v) is 19.7. The standard InChI is InChI=1S/C23H31N3O5S/c1-5-23(28)25(4)14-21-16(2)13-26(17(3)15-27)32(29,30)22-9-8-18(11-20(22)31-21)19-7-6-10-24-12-19/h6-12,16-17,21,27H,5,13-15H2,1-4H3/t16-,17-,21+/m0/s1. The van der Waals surface area contributed by atoms with Gasteiger partial charge in [0.15, 0.2) is 0 Å². The fraction of sp³-hybridized carbons (Fsp3) is 0.478. The van der Waals surface area contributed by atoms with Gasteiger partial charge < -0.3 is 14.7 Å². The number of hydrogen-bond donors (Lipinski definition) is 1. The number of carbonyl (C=O) groups is 1. The minimum absolute atomic E-state index is 0.0135. The predicted molar refractivity (Wildman–Crippen MR) is 122 cm³/mol. The number of ether oxygens (including phenoxy) is 1. The van der Waals surface area contributed by atoms with Crippen LogP contribution in [0.1, 0.15) is 27.2 Å². The van der Waals surface area contributed by atoms with Gasteiger partial charge in [-0.3, -0.25) is 9.78 Å². The molecule has 0 radical (unpaired) electrons. The number of likely N-dealkylation sites (N-methyl/N-ethyl adjacent to an activating group) is 1. The number of amides is 1. The maximum Gasteiger partial charge on any atom is 0.247 e. The van der Waals surface area contributed by atoms with Crippen LogP contribution in [0.25, 0.3) is 11.1 Å². The third kappa shape index (κ3) is 4.95. The molecule has 1 aliphatic heterocycles. The Morgan fingerprint density at radius 2 is 2.09 bits per heavy atom. The average Bonchev–Trinajstić information content (AvgIpc) is 2.80. The summed E-state index contributed by atoms with van der Waals surface area (Å²) >= 11 is 0. The first-order valence-corrected chi connectivity index (χ1v) is 12.2. The van der Waals surface area contributed by atoms with Gasteiger partial charge in [-0.2, -0.15) is 4.31 Å². The third-order valence-electron chi connectivity index (χ3n) is 5.84. The van der Waals surface area contributed by atoms with Gasteiger partial charge in [-0.1, -0.05) is 26.0 Å². The second-order valence-corrected chi connectivity index (χ2v) is 10.1. The highest BCUT2D eigenvalue weighted by atomic mass is 32.2. The Morgan fingerprint density at radius 1 is 1.34 bits per heavy atom. The zero-order valence-electron chi connectivity index (χ0n) is 18.9. The van der Waals surface area contributed by atoms with Gasteiger partial charge in [0.25, 0.3) is 0 Å². The molecule has 1 amide bonds. The van der Waals surface area contributed by atoms with Crippen LogP contribution in [0.15, 0.2) is 47.6 Å². The van der Waals surface area contributed by atoms with Crippen molar-refractivity contribution in [2.45, 2.75) is 44.2 Å². The van der Waals surface area contributed by atoms with Gasteiger partial charge in [0.1, 0.15) is 16.7 Å². The second kappa shape index (κ2) is 9.97. The fourth-order valence-corrected chi connectivity index (χ4v) is 5.62. The molecule has 2 heterocycles. The van der Waals surface area contributed by atoms with E-state index in [-0.39, 0.29) is 35.6 Å². The van der Waals surface area contributed by atoms with Crippen molar-refractivity contribution < 1.29 is 23.1 Å². The van der Waals surface area contributed by atoms with Crippen molar-refractivity contribution in [1.29, 1.82) is 0 Å². The molecule has 0 saturated heterocycles. The van der Waals surface area contributed by atoms with Crippen molar-refractivity contribution in [2.24, 2.45) is 5.92 Å². The molecule has 0 spiro atoms. The average molecular weight is 462 g/mol. The highest BCUT2D eigenvalue weighted by molar-refractivity contribution is 7.89. The number of pyridine rings is 1. The van der Waals surface area contributed by atoms with E-state index in [0.717, 1.165) is 11.1 Å². The topological polar surface area (TPSA) is 100 Å². The molecule has 0 aliphatic carbocycles. The van der Waals surface area contributed by atoms with Crippen LogP contribution < -0.4 is 4.74 Å². The lowest BCUT2D eigenvalue weighted by Gasteiger charge is -2.37. The quantitative estimate of drug-likeness (QED) is 0.709. The summed E-state index contributed by atoms with van der Waals surface area (Å²) in [6.45, 7) is 5.58. The Balaban J connectivity index is 2.11. The number of hydrogen-bond acceptors (Lipinski definition) is 6. The summed E-state index contributed by atoms with van der Waals surface area (Å²) in [5.41, 5.74) is 1.61. The van der Waals surface area contributed by atoms with Crippen molar-refractivity contribution in [3.8, 4) is 16.9 Å². The molecule has 3 atom stereocenters. The molecule has 9 heteroatoms. The number of nitrogens with zero attached hydrogens (tertiary/aromatic N) is 3. The Hall–Kier alpha value is -2.49. The largest absolute Gasteiger partial charge is 0.487 e. The smallest absolute Gasteiger partial charge is 0.247 e. The first-order chi connectivity index (χ1) is 15.2. The Morgan fingerprint density at radius 3 is 2.72 bits per heavy atom. The fourth-order valence-electron chi connectivity index (χ4n) is 3.80. The van der Waals surface area contributed by atoms with Gasteiger partial charge >= 0.3 is 0 Å². The third-order valence-corrected chi connectivity index (χ3v) is 7.86. The van der Waals surface area contributed by atoms with E-state index in [1.165, 1.54) is 10.4 Å². The first kappa shape index (κ1) is 24.2. The van der Waals surface area contributed by atoms with Gasteiger partial charge in [-0.05, 0) is 30.7 Å². The van der Waals surface area contributed by atoms with Crippen LogP contribution in [-0.2, 0) is 14.8 Å². The monoisotopic (exact) mass is 461 g/mol. The summed E-state index contributed by atoms with van der Waals surface area (Å²) in [5, 5.41) is 9.73. The van der Waals surface area contributed by atoms with Gasteiger partial charge in [-0.25, -0.2) is 8.42 Å². The highest BCUT2D eigenvalue weighted by Gasteiger charge is 2.38. The molecule has 32 heavy (non-hydrogen) atoms. The summed E-state index contributed by atoms with van der Waals surface area (Å²) < 4.78 is 34.6. The van der Waals surface area contributed by atoms with Crippen LogP contribution >= 0.6 is 0 Å². The lowest BCUT2D eigenvalue weighted by molar-refractivity contribution is -0.131. The molecule has 1 aromatic carbocycles. The molecule has 0 saturated carbocycles. The van der Waals surface area contributed by atoms with Crippen molar-refractivity contribution in [1.82, 2.24) is 14.2 Å². The summed E-state index contributed by atoms with van der Waals surface area (Å²) in [7, 11) is -2.19. The van der Waals surface area contributed by atoms with E-state index in [4.69, 9.17) is 4.74 Å². The molecule has 3 rings (SSSR count). The van der Waals surface area contributed by atoms with Gasteiger partial charge in [-0.15, -0.1) is 0 Å². The molecular formula is C23H31N3O5S. The Labute approximate surface area is 189 Å². The predicted octanol–water partition coefficient (Wildman–Crippen LogP) is 2.39. The lowest BCUT2D eigenvalue weighted by atomic mass is 10.0. The minimum Gasteiger partial charge on any atom is -0.487 e. The van der Waals surface area contributed by atoms with E-state index in [9.17, 15) is 18.3 Å². The molecule has 8 nitrogen and oxygen atoms in total. The second-order valence-electron chi connectivity index (χ2n) is 8.27. The van der Waals surface area contributed by atoms with Crippen LogP contribution in [0, 0.1) is 5.92 Å². The summed E-state index contributed by atoms with van der Waals surface area (Å²) in [6, 6.07) is 8.08. The van der Waals surface area contributed by atoms with E-state index in [1.807, 2.05) is 19.1 Å². The number of aliphatic hydroxyl groups excluding tert-OH is 1. The maximum atomic E-state index is 13.5. The van der Waals surface area contributed by atoms with Crippen molar-refractivity contribution >= 4 is 15.9 Å². The number of carbonyl (C=O) groups excluding carboxylic acids is 1. The van der Waals surface area contributed by atoms with E-state index in [1.54, 1.807) is 50.3 Å². The molecular weight excluding hydrogens is 430 g/mol. The highest BCUT2D eigenvalue weighted by Crippen LogP contribution is 2.36. The SMILES string of the molecule is CCC(=O)N(C)C[C@H]1Oc2cc(-c3cccnc3)ccc2S(=O)(=O)N([C@@H](C)CO)C[C@@H]1C. The molecule has 0 unspecified atom stereocenters. The van der Waals surface area contributed by atoms with Crippen molar-refractivity contribution in [2.75, 3.05) is 26.7 Å². The Kier molecular flexibility index (Phi) is 7.53. The van der Waals surface area contributed by atoms with Crippen molar-refractivity contribution in [3.63, 3.8) is 0 Å². The lowest BCUT2D eigenvalue weighted by Crippen LogP contribution is -2.50. The normalized spacial score (nSPS) is 21.5. The van der Waals surface area contributed by atoms with E-state index < -0.39 is 22.2 Å². The molecule has 1 N–H and O–H groups in total. The van der Waals surface area contributed by atoms with Gasteiger partial charge in [0.05, 0.1) is 13.2 Å². The number of aliphatic hydroxyl groups is 1. The minimum atomic E-state index is -3.91. The van der Waals surface area contributed by atoms with Gasteiger partial charge in [0, 0.05) is 49.9 Å². The van der Waals surface area contributed by atoms with E-state index in [2.05, 4.69) is 4.98 Å². The van der Waals surface area contributed by atoms with Crippen LogP contribution in [-0.4, -0.2) is 72.5 Å². The Bertz CT molecular complexity index is 1040. The number of sulfonamides is 1. The van der Waals surface area contributed by atoms with E-state index in [0.29, 0.717) is 13.0 Å². The van der Waals surface area contributed by atoms with E-state index >= 15 is 0 Å². The van der Waals surface area contributed by atoms with Crippen LogP contribution in [0.5, 0.6) is 5.75 Å². The van der Waals surface area contributed by atoms with Crippen LogP contribution in [0.3, 0.4) is 0 Å². The summed E-state index contributed by atoms with van der Waals surface area (Å²) in [6.07, 6.45) is 3.32. The number of rotatable bonds is 6. The van der Waals surface area contributed by atoms with Crippen molar-refractivity contribution in [3.05, 3.63) is 42.7 Å². The molecule has 1 aliphatic rings. The number of aromatic nitrogens is 1. The summed E-state index contributed by atoms with van der Waals surface area (Å²) in [5.74, 6) is -0.00290. The van der Waals surface area contributed by atoms with Crippen LogP contribution in [0.4, 0.5) is 0 Å².